The molecule has 0 unspecified atom stereocenters. The Labute approximate surface area is 135 Å². The van der Waals surface area contributed by atoms with Crippen LogP contribution in [-0.4, -0.2) is 22.0 Å². The summed E-state index contributed by atoms with van der Waals surface area (Å²) in [6, 6.07) is 3.31. The Balaban J connectivity index is 1.51. The minimum absolute atomic E-state index is 0.164. The summed E-state index contributed by atoms with van der Waals surface area (Å²) in [5.41, 5.74) is 0.324. The van der Waals surface area contributed by atoms with Crippen molar-refractivity contribution in [3.8, 4) is 0 Å². The van der Waals surface area contributed by atoms with E-state index in [4.69, 9.17) is 0 Å². The Morgan fingerprint density at radius 3 is 2.88 bits per heavy atom. The Kier molecular flexibility index (Phi) is 4.55. The predicted octanol–water partition coefficient (Wildman–Crippen LogP) is 3.02. The zero-order valence-electron chi connectivity index (χ0n) is 12.6. The monoisotopic (exact) mass is 341 g/mol. The molecular formula is C16H15F4N3O. The molecule has 0 aliphatic heterocycles. The number of imidazole rings is 1. The molecule has 1 heterocycles. The van der Waals surface area contributed by atoms with Gasteiger partial charge in [0.2, 0.25) is 5.91 Å². The molecule has 1 N–H and O–H groups in total. The number of alkyl halides is 2. The lowest BCUT2D eigenvalue weighted by Gasteiger charge is -2.08. The quantitative estimate of drug-likeness (QED) is 0.821. The van der Waals surface area contributed by atoms with E-state index < -0.39 is 18.2 Å². The van der Waals surface area contributed by atoms with Gasteiger partial charge in [-0.15, -0.1) is 0 Å². The summed E-state index contributed by atoms with van der Waals surface area (Å²) < 4.78 is 52.6. The Morgan fingerprint density at radius 2 is 2.17 bits per heavy atom. The molecule has 1 amide bonds. The van der Waals surface area contributed by atoms with Crippen molar-refractivity contribution >= 4 is 5.91 Å². The lowest BCUT2D eigenvalue weighted by Crippen LogP contribution is -2.28. The number of hydrogen-bond donors (Lipinski definition) is 1. The van der Waals surface area contributed by atoms with Crippen molar-refractivity contribution in [1.29, 1.82) is 0 Å². The first-order chi connectivity index (χ1) is 11.5. The molecule has 128 valence electrons. The van der Waals surface area contributed by atoms with Gasteiger partial charge < -0.3 is 5.32 Å². The highest BCUT2D eigenvalue weighted by Crippen LogP contribution is 2.48. The van der Waals surface area contributed by atoms with E-state index in [0.717, 1.165) is 16.7 Å². The third-order valence-electron chi connectivity index (χ3n) is 4.10. The van der Waals surface area contributed by atoms with Crippen LogP contribution >= 0.6 is 0 Å². The second-order valence-corrected chi connectivity index (χ2v) is 5.68. The van der Waals surface area contributed by atoms with Crippen molar-refractivity contribution in [2.75, 3.05) is 6.54 Å². The highest BCUT2D eigenvalue weighted by atomic mass is 19.3. The van der Waals surface area contributed by atoms with Gasteiger partial charge >= 0.3 is 6.55 Å². The minimum atomic E-state index is -2.67. The number of hydrogen-bond acceptors (Lipinski definition) is 2. The molecule has 2 aromatic rings. The number of nitrogens with one attached hydrogen (secondary N) is 1. The topological polar surface area (TPSA) is 46.9 Å². The number of aromatic nitrogens is 2. The number of rotatable bonds is 6. The fourth-order valence-corrected chi connectivity index (χ4v) is 2.77. The molecule has 0 spiro atoms. The molecule has 0 bridgehead atoms. The van der Waals surface area contributed by atoms with E-state index in [-0.39, 0.29) is 36.5 Å². The van der Waals surface area contributed by atoms with Crippen LogP contribution < -0.4 is 5.32 Å². The first-order valence-corrected chi connectivity index (χ1v) is 7.50. The standard InChI is InChI=1S/C16H15F4N3O/c17-9-1-2-10(13(18)7-9)11-8-12(11)15(24)22-4-3-14-21-5-6-23(14)16(19)20/h1-2,5-7,11-12,16H,3-4,8H2,(H,22,24)/t11-,12-/m1/s1. The molecule has 2 atom stereocenters. The van der Waals surface area contributed by atoms with E-state index in [1.54, 1.807) is 0 Å². The normalized spacial score (nSPS) is 19.5. The van der Waals surface area contributed by atoms with Gasteiger partial charge in [0.1, 0.15) is 17.5 Å². The molecule has 1 aromatic heterocycles. The van der Waals surface area contributed by atoms with Gasteiger partial charge in [-0.05, 0) is 24.0 Å². The summed E-state index contributed by atoms with van der Waals surface area (Å²) in [5, 5.41) is 2.65. The fourth-order valence-electron chi connectivity index (χ4n) is 2.77. The van der Waals surface area contributed by atoms with Crippen molar-refractivity contribution in [3.05, 3.63) is 53.6 Å². The van der Waals surface area contributed by atoms with Gasteiger partial charge in [0.15, 0.2) is 0 Å². The average molecular weight is 341 g/mol. The van der Waals surface area contributed by atoms with E-state index in [1.165, 1.54) is 18.5 Å². The summed E-state index contributed by atoms with van der Waals surface area (Å²) in [4.78, 5) is 15.9. The second-order valence-electron chi connectivity index (χ2n) is 5.68. The van der Waals surface area contributed by atoms with E-state index in [2.05, 4.69) is 10.3 Å². The van der Waals surface area contributed by atoms with Crippen LogP contribution in [0.15, 0.2) is 30.6 Å². The summed E-state index contributed by atoms with van der Waals surface area (Å²) in [7, 11) is 0. The summed E-state index contributed by atoms with van der Waals surface area (Å²) in [6.07, 6.45) is 3.11. The zero-order chi connectivity index (χ0) is 17.3. The molecule has 1 saturated carbocycles. The van der Waals surface area contributed by atoms with E-state index >= 15 is 0 Å². The van der Waals surface area contributed by atoms with Gasteiger partial charge in [-0.2, -0.15) is 8.78 Å². The number of nitrogens with zero attached hydrogens (tertiary/aromatic N) is 2. The van der Waals surface area contributed by atoms with Crippen molar-refractivity contribution in [2.45, 2.75) is 25.3 Å². The number of carbonyl (C=O) groups excluding carboxylic acids is 1. The van der Waals surface area contributed by atoms with Gasteiger partial charge in [-0.25, -0.2) is 13.8 Å². The maximum absolute atomic E-state index is 13.7. The molecular weight excluding hydrogens is 326 g/mol. The maximum Gasteiger partial charge on any atom is 0.319 e. The maximum atomic E-state index is 13.7. The van der Waals surface area contributed by atoms with E-state index in [1.807, 2.05) is 0 Å². The number of benzene rings is 1. The predicted molar refractivity (Wildman–Crippen MR) is 77.4 cm³/mol. The van der Waals surface area contributed by atoms with Gasteiger partial charge in [-0.1, -0.05) is 6.07 Å². The summed E-state index contributed by atoms with van der Waals surface area (Å²) >= 11 is 0. The van der Waals surface area contributed by atoms with Gasteiger partial charge in [-0.3, -0.25) is 9.36 Å². The molecule has 4 nitrogen and oxygen atoms in total. The zero-order valence-corrected chi connectivity index (χ0v) is 12.6. The highest BCUT2D eigenvalue weighted by molar-refractivity contribution is 5.82. The first-order valence-electron chi connectivity index (χ1n) is 7.50. The molecule has 3 rings (SSSR count). The van der Waals surface area contributed by atoms with E-state index in [9.17, 15) is 22.4 Å². The molecule has 0 saturated heterocycles. The number of halogens is 4. The van der Waals surface area contributed by atoms with E-state index in [0.29, 0.717) is 12.0 Å². The fraction of sp³-hybridized carbons (Fsp3) is 0.375. The molecule has 1 aliphatic carbocycles. The summed E-state index contributed by atoms with van der Waals surface area (Å²) in [6.45, 7) is -2.51. The van der Waals surface area contributed by atoms with Crippen LogP contribution in [0.2, 0.25) is 0 Å². The lowest BCUT2D eigenvalue weighted by molar-refractivity contribution is -0.122. The van der Waals surface area contributed by atoms with Crippen LogP contribution in [0.3, 0.4) is 0 Å². The van der Waals surface area contributed by atoms with Crippen molar-refractivity contribution in [3.63, 3.8) is 0 Å². The number of amides is 1. The molecule has 1 fully saturated rings. The SMILES string of the molecule is O=C(NCCc1nccn1C(F)F)[C@@H]1C[C@@H]1c1ccc(F)cc1F. The molecule has 24 heavy (non-hydrogen) atoms. The van der Waals surface area contributed by atoms with Crippen molar-refractivity contribution in [1.82, 2.24) is 14.9 Å². The molecule has 8 heteroatoms. The largest absolute Gasteiger partial charge is 0.355 e. The Morgan fingerprint density at radius 1 is 1.38 bits per heavy atom. The summed E-state index contributed by atoms with van der Waals surface area (Å²) in [5.74, 6) is -2.05. The van der Waals surface area contributed by atoms with Crippen LogP contribution in [-0.2, 0) is 11.2 Å². The minimum Gasteiger partial charge on any atom is -0.355 e. The van der Waals surface area contributed by atoms with Crippen LogP contribution in [0.4, 0.5) is 17.6 Å². The van der Waals surface area contributed by atoms with Gasteiger partial charge in [0.05, 0.1) is 0 Å². The third kappa shape index (κ3) is 3.42. The van der Waals surface area contributed by atoms with Gasteiger partial charge in [0.25, 0.3) is 0 Å². The number of carbonyl (C=O) groups is 1. The van der Waals surface area contributed by atoms with Crippen LogP contribution in [0.5, 0.6) is 0 Å². The first kappa shape index (κ1) is 16.5. The smallest absolute Gasteiger partial charge is 0.319 e. The molecule has 1 aliphatic rings. The second kappa shape index (κ2) is 6.62. The Bertz CT molecular complexity index is 747. The van der Waals surface area contributed by atoms with Gasteiger partial charge in [0, 0.05) is 37.3 Å². The van der Waals surface area contributed by atoms with Crippen molar-refractivity contribution < 1.29 is 22.4 Å². The molecule has 1 aromatic carbocycles. The third-order valence-corrected chi connectivity index (χ3v) is 4.10. The average Bonchev–Trinajstić information content (AvgIpc) is 3.16. The lowest BCUT2D eigenvalue weighted by atomic mass is 10.1. The highest BCUT2D eigenvalue weighted by Gasteiger charge is 2.45. The Hall–Kier alpha value is -2.38. The van der Waals surface area contributed by atoms with Crippen LogP contribution in [0.1, 0.15) is 30.3 Å². The van der Waals surface area contributed by atoms with Crippen LogP contribution in [0.25, 0.3) is 0 Å². The van der Waals surface area contributed by atoms with Crippen molar-refractivity contribution in [2.24, 2.45) is 5.92 Å². The molecule has 0 radical (unpaired) electrons. The van der Waals surface area contributed by atoms with Crippen LogP contribution in [0, 0.1) is 17.6 Å².